The zero-order valence-electron chi connectivity index (χ0n) is 9.98. The minimum Gasteiger partial charge on any atom is -0.268 e. The molecular weight excluding hydrogens is 230 g/mol. The van der Waals surface area contributed by atoms with E-state index in [2.05, 4.69) is 5.10 Å². The number of nitro groups is 1. The molecule has 1 aromatic heterocycles. The first kappa shape index (κ1) is 12.0. The standard InChI is InChI=1S/C13H13N3O2/c1-11(16(17)18)7-13-8-14-15(10-13)9-12-5-3-2-4-6-12/h2-8,10H,9H2,1H3/b11-7-. The summed E-state index contributed by atoms with van der Waals surface area (Å²) in [5, 5.41) is 14.7. The summed E-state index contributed by atoms with van der Waals surface area (Å²) in [6.07, 6.45) is 4.92. The highest BCUT2D eigenvalue weighted by atomic mass is 16.6. The lowest BCUT2D eigenvalue weighted by Gasteiger charge is -2.00. The van der Waals surface area contributed by atoms with E-state index in [1.54, 1.807) is 17.1 Å². The second kappa shape index (κ2) is 5.27. The lowest BCUT2D eigenvalue weighted by Crippen LogP contribution is -1.99. The van der Waals surface area contributed by atoms with Crippen LogP contribution in [0.5, 0.6) is 0 Å². The Morgan fingerprint density at radius 3 is 2.83 bits per heavy atom. The number of aromatic nitrogens is 2. The van der Waals surface area contributed by atoms with E-state index in [0.29, 0.717) is 6.54 Å². The molecule has 0 bridgehead atoms. The fourth-order valence-corrected chi connectivity index (χ4v) is 1.60. The molecule has 0 fully saturated rings. The van der Waals surface area contributed by atoms with Gasteiger partial charge in [0.25, 0.3) is 0 Å². The first-order valence-corrected chi connectivity index (χ1v) is 5.54. The molecule has 0 saturated carbocycles. The summed E-state index contributed by atoms with van der Waals surface area (Å²) in [6, 6.07) is 9.92. The third-order valence-corrected chi connectivity index (χ3v) is 2.50. The Bertz CT molecular complexity index is 573. The number of rotatable bonds is 4. The number of hydrogen-bond acceptors (Lipinski definition) is 3. The molecule has 5 nitrogen and oxygen atoms in total. The molecule has 2 aromatic rings. The smallest absolute Gasteiger partial charge is 0.243 e. The summed E-state index contributed by atoms with van der Waals surface area (Å²) in [4.78, 5) is 10.1. The maximum Gasteiger partial charge on any atom is 0.243 e. The van der Waals surface area contributed by atoms with Gasteiger partial charge in [0.1, 0.15) is 0 Å². The summed E-state index contributed by atoms with van der Waals surface area (Å²) >= 11 is 0. The second-order valence-corrected chi connectivity index (χ2v) is 4.00. The molecular formula is C13H13N3O2. The van der Waals surface area contributed by atoms with Crippen LogP contribution in [0.15, 0.2) is 48.4 Å². The number of hydrogen-bond donors (Lipinski definition) is 0. The Hall–Kier alpha value is -2.43. The highest BCUT2D eigenvalue weighted by Gasteiger charge is 2.04. The third kappa shape index (κ3) is 3.04. The summed E-state index contributed by atoms with van der Waals surface area (Å²) in [6.45, 7) is 2.13. The minimum absolute atomic E-state index is 0.106. The minimum atomic E-state index is -0.408. The van der Waals surface area contributed by atoms with Gasteiger partial charge in [-0.15, -0.1) is 0 Å². The van der Waals surface area contributed by atoms with Crippen LogP contribution in [0.2, 0.25) is 0 Å². The molecule has 0 saturated heterocycles. The molecule has 0 N–H and O–H groups in total. The molecule has 0 aliphatic carbocycles. The molecule has 0 radical (unpaired) electrons. The fraction of sp³-hybridized carbons (Fsp3) is 0.154. The molecule has 5 heteroatoms. The normalized spacial score (nSPS) is 11.5. The molecule has 18 heavy (non-hydrogen) atoms. The van der Waals surface area contributed by atoms with E-state index in [0.717, 1.165) is 11.1 Å². The van der Waals surface area contributed by atoms with E-state index < -0.39 is 4.92 Å². The van der Waals surface area contributed by atoms with Gasteiger partial charge in [0.15, 0.2) is 0 Å². The molecule has 0 amide bonds. The van der Waals surface area contributed by atoms with Crippen molar-refractivity contribution in [2.24, 2.45) is 0 Å². The van der Waals surface area contributed by atoms with Crippen LogP contribution < -0.4 is 0 Å². The van der Waals surface area contributed by atoms with Crippen LogP contribution in [0.4, 0.5) is 0 Å². The zero-order chi connectivity index (χ0) is 13.0. The first-order valence-electron chi connectivity index (χ1n) is 5.54. The van der Waals surface area contributed by atoms with Crippen molar-refractivity contribution < 1.29 is 4.92 Å². The van der Waals surface area contributed by atoms with Crippen LogP contribution in [-0.2, 0) is 6.54 Å². The van der Waals surface area contributed by atoms with Gasteiger partial charge >= 0.3 is 0 Å². The van der Waals surface area contributed by atoms with Crippen molar-refractivity contribution in [3.63, 3.8) is 0 Å². The Morgan fingerprint density at radius 2 is 2.17 bits per heavy atom. The average molecular weight is 243 g/mol. The van der Waals surface area contributed by atoms with E-state index in [1.165, 1.54) is 13.0 Å². The zero-order valence-corrected chi connectivity index (χ0v) is 9.98. The maximum absolute atomic E-state index is 10.5. The van der Waals surface area contributed by atoms with Gasteiger partial charge in [-0.1, -0.05) is 30.3 Å². The van der Waals surface area contributed by atoms with E-state index in [4.69, 9.17) is 0 Å². The van der Waals surface area contributed by atoms with Crippen molar-refractivity contribution in [1.29, 1.82) is 0 Å². The highest BCUT2D eigenvalue weighted by Crippen LogP contribution is 2.08. The molecule has 92 valence electrons. The van der Waals surface area contributed by atoms with Crippen LogP contribution in [0.25, 0.3) is 6.08 Å². The molecule has 0 spiro atoms. The summed E-state index contributed by atoms with van der Waals surface area (Å²) in [5.41, 5.74) is 1.98. The molecule has 2 rings (SSSR count). The highest BCUT2D eigenvalue weighted by molar-refractivity contribution is 5.48. The van der Waals surface area contributed by atoms with Gasteiger partial charge in [0, 0.05) is 24.8 Å². The lowest BCUT2D eigenvalue weighted by atomic mass is 10.2. The van der Waals surface area contributed by atoms with Gasteiger partial charge in [-0.25, -0.2) is 0 Å². The van der Waals surface area contributed by atoms with E-state index in [-0.39, 0.29) is 5.70 Å². The molecule has 1 heterocycles. The Kier molecular flexibility index (Phi) is 3.52. The van der Waals surface area contributed by atoms with Crippen LogP contribution in [-0.4, -0.2) is 14.7 Å². The van der Waals surface area contributed by atoms with Gasteiger partial charge in [0.2, 0.25) is 5.70 Å². The number of allylic oxidation sites excluding steroid dienone is 1. The van der Waals surface area contributed by atoms with E-state index >= 15 is 0 Å². The van der Waals surface area contributed by atoms with Gasteiger partial charge in [-0.05, 0) is 5.56 Å². The predicted molar refractivity (Wildman–Crippen MR) is 68.4 cm³/mol. The molecule has 0 atom stereocenters. The van der Waals surface area contributed by atoms with Crippen molar-refractivity contribution in [3.8, 4) is 0 Å². The van der Waals surface area contributed by atoms with Crippen LogP contribution >= 0.6 is 0 Å². The molecule has 1 aromatic carbocycles. The monoisotopic (exact) mass is 243 g/mol. The van der Waals surface area contributed by atoms with Gasteiger partial charge in [0.05, 0.1) is 17.7 Å². The molecule has 0 aliphatic heterocycles. The van der Waals surface area contributed by atoms with Gasteiger partial charge in [-0.2, -0.15) is 5.10 Å². The Morgan fingerprint density at radius 1 is 1.44 bits per heavy atom. The quantitative estimate of drug-likeness (QED) is 0.612. The number of benzene rings is 1. The topological polar surface area (TPSA) is 61.0 Å². The van der Waals surface area contributed by atoms with E-state index in [1.807, 2.05) is 30.3 Å². The van der Waals surface area contributed by atoms with Gasteiger partial charge < -0.3 is 0 Å². The van der Waals surface area contributed by atoms with E-state index in [9.17, 15) is 10.1 Å². The SMILES string of the molecule is C/C(=C/c1cnn(Cc2ccccc2)c1)[N+](=O)[O-]. The summed E-state index contributed by atoms with van der Waals surface area (Å²) < 4.78 is 1.76. The summed E-state index contributed by atoms with van der Waals surface area (Å²) in [5.74, 6) is 0. The van der Waals surface area contributed by atoms with Gasteiger partial charge in [-0.3, -0.25) is 14.8 Å². The Balaban J connectivity index is 2.12. The molecule has 0 aliphatic rings. The maximum atomic E-state index is 10.5. The van der Waals surface area contributed by atoms with Crippen LogP contribution in [0.3, 0.4) is 0 Å². The number of nitrogens with zero attached hydrogens (tertiary/aromatic N) is 3. The second-order valence-electron chi connectivity index (χ2n) is 4.00. The van der Waals surface area contributed by atoms with Crippen LogP contribution in [0, 0.1) is 10.1 Å². The molecule has 0 unspecified atom stereocenters. The Labute approximate surface area is 105 Å². The predicted octanol–water partition coefficient (Wildman–Crippen LogP) is 2.57. The van der Waals surface area contributed by atoms with Crippen molar-refractivity contribution in [3.05, 3.63) is 69.7 Å². The largest absolute Gasteiger partial charge is 0.268 e. The van der Waals surface area contributed by atoms with Crippen molar-refractivity contribution in [1.82, 2.24) is 9.78 Å². The third-order valence-electron chi connectivity index (χ3n) is 2.50. The van der Waals surface area contributed by atoms with Crippen molar-refractivity contribution >= 4 is 6.08 Å². The van der Waals surface area contributed by atoms with Crippen LogP contribution in [0.1, 0.15) is 18.1 Å². The average Bonchev–Trinajstić information content (AvgIpc) is 2.77. The summed E-state index contributed by atoms with van der Waals surface area (Å²) in [7, 11) is 0. The van der Waals surface area contributed by atoms with Crippen molar-refractivity contribution in [2.75, 3.05) is 0 Å². The lowest BCUT2D eigenvalue weighted by molar-refractivity contribution is -0.422. The van der Waals surface area contributed by atoms with Crippen molar-refractivity contribution in [2.45, 2.75) is 13.5 Å². The fourth-order valence-electron chi connectivity index (χ4n) is 1.60. The first-order chi connectivity index (χ1) is 8.65.